The van der Waals surface area contributed by atoms with Crippen molar-refractivity contribution >= 4 is 29.7 Å². The molecule has 0 saturated carbocycles. The molecule has 0 aromatic heterocycles. The van der Waals surface area contributed by atoms with Gasteiger partial charge in [-0.2, -0.15) is 5.26 Å². The van der Waals surface area contributed by atoms with Gasteiger partial charge in [-0.3, -0.25) is 9.59 Å². The van der Waals surface area contributed by atoms with Gasteiger partial charge in [0.1, 0.15) is 29.3 Å². The molecule has 198 valence electrons. The summed E-state index contributed by atoms with van der Waals surface area (Å²) in [7, 11) is 1.50. The number of aryl methyl sites for hydroxylation is 1. The molecule has 2 aliphatic rings. The lowest BCUT2D eigenvalue weighted by Gasteiger charge is -2.36. The minimum absolute atomic E-state index is 0.113. The van der Waals surface area contributed by atoms with E-state index < -0.39 is 23.5 Å². The van der Waals surface area contributed by atoms with Crippen molar-refractivity contribution in [1.82, 2.24) is 0 Å². The van der Waals surface area contributed by atoms with Crippen LogP contribution in [0.4, 0.5) is 0 Å². The highest BCUT2D eigenvalue weighted by atomic mass is 32.2. The predicted molar refractivity (Wildman–Crippen MR) is 139 cm³/mol. The Bertz CT molecular complexity index is 1530. The highest BCUT2D eigenvalue weighted by Crippen LogP contribution is 2.56. The zero-order valence-electron chi connectivity index (χ0n) is 21.1. The zero-order valence-corrected chi connectivity index (χ0v) is 22.0. The van der Waals surface area contributed by atoms with Gasteiger partial charge in [0.2, 0.25) is 0 Å². The Balaban J connectivity index is 1.47. The number of methoxy groups -OCH3 is 1. The first-order chi connectivity index (χ1) is 18.8. The van der Waals surface area contributed by atoms with Crippen molar-refractivity contribution in [3.05, 3.63) is 82.4 Å². The molecule has 0 fully saturated rings. The number of thioether (sulfide) groups is 1. The Morgan fingerprint density at radius 1 is 0.949 bits per heavy atom. The number of rotatable bonds is 8. The number of carbonyl (C=O) groups excluding carboxylic acids is 3. The van der Waals surface area contributed by atoms with E-state index in [1.807, 2.05) is 30.5 Å². The summed E-state index contributed by atoms with van der Waals surface area (Å²) in [5.74, 6) is -0.583. The van der Waals surface area contributed by atoms with E-state index in [1.54, 1.807) is 36.4 Å². The van der Waals surface area contributed by atoms with Crippen LogP contribution in [0.5, 0.6) is 17.2 Å². The van der Waals surface area contributed by atoms with E-state index >= 15 is 0 Å². The SMILES string of the molecule is COCCOC(=O)CCC(=O)Oc1ccc2c(c1)Oc1cc(C)ccc1C21OC(=O)c2cc(SC#N)ccc21. The van der Waals surface area contributed by atoms with Crippen LogP contribution >= 0.6 is 11.8 Å². The highest BCUT2D eigenvalue weighted by Gasteiger charge is 2.53. The second-order valence-electron chi connectivity index (χ2n) is 8.92. The van der Waals surface area contributed by atoms with E-state index in [0.29, 0.717) is 38.6 Å². The molecule has 0 aliphatic carbocycles. The van der Waals surface area contributed by atoms with Crippen LogP contribution in [0.25, 0.3) is 0 Å². The number of hydrogen-bond acceptors (Lipinski definition) is 10. The van der Waals surface area contributed by atoms with Gasteiger partial charge >= 0.3 is 17.9 Å². The molecule has 0 amide bonds. The average Bonchev–Trinajstić information content (AvgIpc) is 3.19. The Morgan fingerprint density at radius 3 is 2.44 bits per heavy atom. The van der Waals surface area contributed by atoms with Gasteiger partial charge in [-0.05, 0) is 54.6 Å². The number of ether oxygens (including phenoxy) is 5. The average molecular weight is 546 g/mol. The molecule has 0 bridgehead atoms. The largest absolute Gasteiger partial charge is 0.463 e. The Morgan fingerprint density at radius 2 is 1.67 bits per heavy atom. The number of fused-ring (bicyclic) bond motifs is 6. The summed E-state index contributed by atoms with van der Waals surface area (Å²) in [5.41, 5.74) is 1.87. The molecule has 3 aromatic carbocycles. The monoisotopic (exact) mass is 545 g/mol. The maximum Gasteiger partial charge on any atom is 0.340 e. The third-order valence-electron chi connectivity index (χ3n) is 6.38. The van der Waals surface area contributed by atoms with Crippen molar-refractivity contribution in [3.63, 3.8) is 0 Å². The Hall–Kier alpha value is -4.33. The van der Waals surface area contributed by atoms with Gasteiger partial charge in [0, 0.05) is 34.8 Å². The Kier molecular flexibility index (Phi) is 7.28. The quantitative estimate of drug-likeness (QED) is 0.125. The first-order valence-electron chi connectivity index (χ1n) is 12.1. The molecule has 2 aliphatic heterocycles. The van der Waals surface area contributed by atoms with Gasteiger partial charge in [0.05, 0.1) is 25.0 Å². The molecule has 0 N–H and O–H groups in total. The molecular formula is C29H23NO8S. The standard InChI is InChI=1S/C29H23NO8S/c1-17-3-6-22-24(13-17)37-25-14-18(36-27(32)10-9-26(31)35-12-11-34-2)4-7-23(25)29(22)21-8-5-19(39-16-30)15-20(21)28(33)38-29/h3-8,13-15H,9-12H2,1-2H3. The third-order valence-corrected chi connectivity index (χ3v) is 6.96. The molecule has 39 heavy (non-hydrogen) atoms. The summed E-state index contributed by atoms with van der Waals surface area (Å²) in [6, 6.07) is 15.7. The molecule has 1 atom stereocenters. The van der Waals surface area contributed by atoms with Crippen molar-refractivity contribution in [1.29, 1.82) is 5.26 Å². The van der Waals surface area contributed by atoms with Crippen molar-refractivity contribution in [2.45, 2.75) is 30.3 Å². The van der Waals surface area contributed by atoms with Gasteiger partial charge in [0.25, 0.3) is 0 Å². The first-order valence-corrected chi connectivity index (χ1v) is 12.9. The van der Waals surface area contributed by atoms with Gasteiger partial charge in [0.15, 0.2) is 5.60 Å². The first kappa shape index (κ1) is 26.3. The molecular weight excluding hydrogens is 522 g/mol. The van der Waals surface area contributed by atoms with Crippen LogP contribution in [-0.4, -0.2) is 38.2 Å². The molecule has 5 rings (SSSR count). The number of carbonyl (C=O) groups is 3. The summed E-state index contributed by atoms with van der Waals surface area (Å²) in [6.45, 7) is 2.31. The second-order valence-corrected chi connectivity index (χ2v) is 9.78. The summed E-state index contributed by atoms with van der Waals surface area (Å²) < 4.78 is 27.6. The molecule has 1 unspecified atom stereocenters. The Labute approximate surface area is 228 Å². The van der Waals surface area contributed by atoms with Crippen molar-refractivity contribution in [3.8, 4) is 22.6 Å². The summed E-state index contributed by atoms with van der Waals surface area (Å²) in [4.78, 5) is 38.0. The van der Waals surface area contributed by atoms with E-state index in [-0.39, 0.29) is 31.8 Å². The smallest absolute Gasteiger partial charge is 0.340 e. The molecule has 10 heteroatoms. The number of hydrogen-bond donors (Lipinski definition) is 0. The van der Waals surface area contributed by atoms with Crippen LogP contribution < -0.4 is 9.47 Å². The normalized spacial score (nSPS) is 16.3. The minimum Gasteiger partial charge on any atom is -0.463 e. The molecule has 0 radical (unpaired) electrons. The van der Waals surface area contributed by atoms with Crippen molar-refractivity contribution in [2.24, 2.45) is 0 Å². The molecule has 0 saturated heterocycles. The molecule has 2 heterocycles. The van der Waals surface area contributed by atoms with E-state index in [0.717, 1.165) is 17.3 Å². The third kappa shape index (κ3) is 4.94. The lowest BCUT2D eigenvalue weighted by molar-refractivity contribution is -0.147. The number of nitrogens with zero attached hydrogens (tertiary/aromatic N) is 1. The lowest BCUT2D eigenvalue weighted by Crippen LogP contribution is -2.33. The minimum atomic E-state index is -1.28. The predicted octanol–water partition coefficient (Wildman–Crippen LogP) is 5.01. The maximum absolute atomic E-state index is 13.1. The van der Waals surface area contributed by atoms with Gasteiger partial charge < -0.3 is 23.7 Å². The van der Waals surface area contributed by atoms with Crippen molar-refractivity contribution < 1.29 is 38.1 Å². The van der Waals surface area contributed by atoms with Crippen LogP contribution in [0, 0.1) is 17.6 Å². The van der Waals surface area contributed by atoms with E-state index in [4.69, 9.17) is 28.9 Å². The van der Waals surface area contributed by atoms with Gasteiger partial charge in [-0.15, -0.1) is 0 Å². The fraction of sp³-hybridized carbons (Fsp3) is 0.241. The van der Waals surface area contributed by atoms with Crippen molar-refractivity contribution in [2.75, 3.05) is 20.3 Å². The fourth-order valence-corrected chi connectivity index (χ4v) is 5.09. The molecule has 9 nitrogen and oxygen atoms in total. The highest BCUT2D eigenvalue weighted by molar-refractivity contribution is 8.03. The number of benzene rings is 3. The zero-order chi connectivity index (χ0) is 27.6. The van der Waals surface area contributed by atoms with Gasteiger partial charge in [-0.1, -0.05) is 18.2 Å². The fourth-order valence-electron chi connectivity index (χ4n) is 4.67. The second kappa shape index (κ2) is 10.8. The lowest BCUT2D eigenvalue weighted by atomic mass is 9.77. The maximum atomic E-state index is 13.1. The van der Waals surface area contributed by atoms with Crippen LogP contribution in [0.15, 0.2) is 59.5 Å². The molecule has 3 aromatic rings. The van der Waals surface area contributed by atoms with E-state index in [2.05, 4.69) is 0 Å². The van der Waals surface area contributed by atoms with E-state index in [9.17, 15) is 14.4 Å². The number of thiocyanates is 1. The summed E-state index contributed by atoms with van der Waals surface area (Å²) in [5, 5.41) is 11.1. The van der Waals surface area contributed by atoms with Crippen LogP contribution in [0.1, 0.15) is 45.5 Å². The van der Waals surface area contributed by atoms with E-state index in [1.165, 1.54) is 7.11 Å². The topological polar surface area (TPSA) is 121 Å². The van der Waals surface area contributed by atoms with Crippen LogP contribution in [0.2, 0.25) is 0 Å². The summed E-state index contributed by atoms with van der Waals surface area (Å²) >= 11 is 0.960. The van der Waals surface area contributed by atoms with Crippen LogP contribution in [0.3, 0.4) is 0 Å². The molecule has 1 spiro atoms. The van der Waals surface area contributed by atoms with Gasteiger partial charge in [-0.25, -0.2) is 4.79 Å². The number of nitriles is 1. The van der Waals surface area contributed by atoms with Crippen LogP contribution in [-0.2, 0) is 29.4 Å². The summed E-state index contributed by atoms with van der Waals surface area (Å²) in [6.07, 6.45) is -0.289. The number of esters is 3.